The molecule has 1 atom stereocenters. The molecule has 110 valence electrons. The summed E-state index contributed by atoms with van der Waals surface area (Å²) < 4.78 is 5.54. The van der Waals surface area contributed by atoms with Crippen LogP contribution in [0.15, 0.2) is 18.5 Å². The normalized spacial score (nSPS) is 18.7. The third-order valence-corrected chi connectivity index (χ3v) is 3.05. The third-order valence-electron chi connectivity index (χ3n) is 3.05. The maximum Gasteiger partial charge on any atom is 0.219 e. The van der Waals surface area contributed by atoms with Crippen molar-refractivity contribution in [3.05, 3.63) is 24.0 Å². The van der Waals surface area contributed by atoms with Gasteiger partial charge in [0.15, 0.2) is 0 Å². The van der Waals surface area contributed by atoms with Crippen LogP contribution in [0.25, 0.3) is 5.57 Å². The molecule has 0 fully saturated rings. The van der Waals surface area contributed by atoms with Gasteiger partial charge >= 0.3 is 0 Å². The molecule has 0 radical (unpaired) electrons. The predicted molar refractivity (Wildman–Crippen MR) is 77.5 cm³/mol. The molecule has 1 unspecified atom stereocenters. The van der Waals surface area contributed by atoms with Crippen molar-refractivity contribution in [1.82, 2.24) is 14.9 Å². The number of aliphatic hydroxyl groups excluding tert-OH is 1. The lowest BCUT2D eigenvalue weighted by Gasteiger charge is -2.34. The molecule has 0 spiro atoms. The topological polar surface area (TPSA) is 84.5 Å². The van der Waals surface area contributed by atoms with Crippen LogP contribution < -0.4 is 5.73 Å². The number of hydrogen-bond acceptors (Lipinski definition) is 6. The predicted octanol–water partition coefficient (Wildman–Crippen LogP) is 1.24. The standard InChI is InChI=1S/C14H22N4O2/c1-14(2,3)20-13(19)18-6-4-10(5-7-18)11-8-16-12(15)17-9-11/h4,8-9,13,19H,5-7H2,1-3H3,(H2,15,16,17). The van der Waals surface area contributed by atoms with Gasteiger partial charge in [-0.15, -0.1) is 0 Å². The minimum Gasteiger partial charge on any atom is -0.368 e. The number of ether oxygens (including phenoxy) is 1. The van der Waals surface area contributed by atoms with Crippen LogP contribution in [0, 0.1) is 0 Å². The van der Waals surface area contributed by atoms with Crippen molar-refractivity contribution in [1.29, 1.82) is 0 Å². The molecule has 0 saturated heterocycles. The lowest BCUT2D eigenvalue weighted by atomic mass is 10.0. The highest BCUT2D eigenvalue weighted by Crippen LogP contribution is 2.23. The van der Waals surface area contributed by atoms with Crippen molar-refractivity contribution >= 4 is 11.5 Å². The molecule has 2 rings (SSSR count). The molecule has 1 aromatic rings. The lowest BCUT2D eigenvalue weighted by molar-refractivity contribution is -0.236. The van der Waals surface area contributed by atoms with Crippen LogP contribution in [0.2, 0.25) is 0 Å². The Kier molecular flexibility index (Phi) is 4.37. The average Bonchev–Trinajstić information content (AvgIpc) is 2.38. The van der Waals surface area contributed by atoms with E-state index in [2.05, 4.69) is 16.0 Å². The van der Waals surface area contributed by atoms with Gasteiger partial charge in [0.25, 0.3) is 0 Å². The summed E-state index contributed by atoms with van der Waals surface area (Å²) in [4.78, 5) is 9.87. The quantitative estimate of drug-likeness (QED) is 0.809. The summed E-state index contributed by atoms with van der Waals surface area (Å²) in [6.07, 6.45) is 5.46. The summed E-state index contributed by atoms with van der Waals surface area (Å²) in [6, 6.07) is 0. The molecule has 0 saturated carbocycles. The Labute approximate surface area is 119 Å². The number of nitrogens with zero attached hydrogens (tertiary/aromatic N) is 3. The largest absolute Gasteiger partial charge is 0.368 e. The Morgan fingerprint density at radius 1 is 1.35 bits per heavy atom. The second kappa shape index (κ2) is 5.87. The van der Waals surface area contributed by atoms with Crippen LogP contribution >= 0.6 is 0 Å². The number of anilines is 1. The molecule has 6 heteroatoms. The van der Waals surface area contributed by atoms with Crippen molar-refractivity contribution in [3.63, 3.8) is 0 Å². The summed E-state index contributed by atoms with van der Waals surface area (Å²) in [6.45, 7) is 7.14. The first-order valence-electron chi connectivity index (χ1n) is 6.72. The van der Waals surface area contributed by atoms with Gasteiger partial charge in [-0.1, -0.05) is 6.08 Å². The van der Waals surface area contributed by atoms with E-state index in [9.17, 15) is 5.11 Å². The van der Waals surface area contributed by atoms with E-state index in [-0.39, 0.29) is 11.5 Å². The highest BCUT2D eigenvalue weighted by Gasteiger charge is 2.24. The fourth-order valence-corrected chi connectivity index (χ4v) is 2.04. The summed E-state index contributed by atoms with van der Waals surface area (Å²) in [7, 11) is 0. The van der Waals surface area contributed by atoms with E-state index in [1.807, 2.05) is 25.7 Å². The van der Waals surface area contributed by atoms with Gasteiger partial charge in [-0.25, -0.2) is 9.97 Å². The molecular formula is C14H22N4O2. The van der Waals surface area contributed by atoms with Crippen molar-refractivity contribution in [2.75, 3.05) is 18.8 Å². The van der Waals surface area contributed by atoms with E-state index in [1.54, 1.807) is 12.4 Å². The molecule has 6 nitrogen and oxygen atoms in total. The Balaban J connectivity index is 1.98. The zero-order valence-corrected chi connectivity index (χ0v) is 12.2. The van der Waals surface area contributed by atoms with Crippen LogP contribution in [0.3, 0.4) is 0 Å². The number of aromatic nitrogens is 2. The zero-order chi connectivity index (χ0) is 14.8. The Morgan fingerprint density at radius 2 is 2.00 bits per heavy atom. The van der Waals surface area contributed by atoms with E-state index in [0.29, 0.717) is 6.54 Å². The second-order valence-electron chi connectivity index (χ2n) is 5.86. The zero-order valence-electron chi connectivity index (χ0n) is 12.2. The number of rotatable bonds is 3. The maximum absolute atomic E-state index is 10.0. The van der Waals surface area contributed by atoms with Gasteiger partial charge in [0.2, 0.25) is 12.4 Å². The van der Waals surface area contributed by atoms with Crippen LogP contribution in [-0.4, -0.2) is 45.1 Å². The Bertz CT molecular complexity index is 479. The molecule has 1 aliphatic rings. The highest BCUT2D eigenvalue weighted by atomic mass is 16.6. The molecule has 3 N–H and O–H groups in total. The van der Waals surface area contributed by atoms with E-state index in [0.717, 1.165) is 18.5 Å². The van der Waals surface area contributed by atoms with Crippen LogP contribution in [0.4, 0.5) is 5.95 Å². The minimum absolute atomic E-state index is 0.279. The van der Waals surface area contributed by atoms with Gasteiger partial charge in [0.1, 0.15) is 0 Å². The van der Waals surface area contributed by atoms with Crippen molar-refractivity contribution < 1.29 is 9.84 Å². The van der Waals surface area contributed by atoms with Crippen LogP contribution in [0.5, 0.6) is 0 Å². The van der Waals surface area contributed by atoms with Gasteiger partial charge in [-0.05, 0) is 32.8 Å². The smallest absolute Gasteiger partial charge is 0.219 e. The molecule has 1 aliphatic heterocycles. The fourth-order valence-electron chi connectivity index (χ4n) is 2.04. The maximum atomic E-state index is 10.0. The monoisotopic (exact) mass is 278 g/mol. The summed E-state index contributed by atoms with van der Waals surface area (Å²) in [5.41, 5.74) is 7.26. The number of hydrogen-bond donors (Lipinski definition) is 2. The van der Waals surface area contributed by atoms with E-state index >= 15 is 0 Å². The molecule has 0 amide bonds. The van der Waals surface area contributed by atoms with Crippen molar-refractivity contribution in [2.45, 2.75) is 39.2 Å². The molecule has 20 heavy (non-hydrogen) atoms. The van der Waals surface area contributed by atoms with E-state index < -0.39 is 6.41 Å². The molecule has 0 aliphatic carbocycles. The van der Waals surface area contributed by atoms with Crippen molar-refractivity contribution in [2.24, 2.45) is 0 Å². The summed E-state index contributed by atoms with van der Waals surface area (Å²) >= 11 is 0. The first-order valence-corrected chi connectivity index (χ1v) is 6.72. The summed E-state index contributed by atoms with van der Waals surface area (Å²) in [5, 5.41) is 10.0. The number of nitrogens with two attached hydrogens (primary N) is 1. The molecule has 1 aromatic heterocycles. The van der Waals surface area contributed by atoms with Crippen LogP contribution in [-0.2, 0) is 4.74 Å². The van der Waals surface area contributed by atoms with Crippen LogP contribution in [0.1, 0.15) is 32.8 Å². The van der Waals surface area contributed by atoms with E-state index in [4.69, 9.17) is 10.5 Å². The summed E-state index contributed by atoms with van der Waals surface area (Å²) in [5.74, 6) is 0.279. The minimum atomic E-state index is -0.879. The van der Waals surface area contributed by atoms with Gasteiger partial charge < -0.3 is 15.6 Å². The SMILES string of the molecule is CC(C)(C)OC(O)N1CC=C(c2cnc(N)nc2)CC1. The number of aliphatic hydroxyl groups is 1. The van der Waals surface area contributed by atoms with Gasteiger partial charge in [-0.3, -0.25) is 4.90 Å². The first kappa shape index (κ1) is 14.9. The average molecular weight is 278 g/mol. The highest BCUT2D eigenvalue weighted by molar-refractivity contribution is 5.65. The first-order chi connectivity index (χ1) is 9.35. The number of nitrogen functional groups attached to an aromatic ring is 1. The van der Waals surface area contributed by atoms with Gasteiger partial charge in [0.05, 0.1) is 5.60 Å². The van der Waals surface area contributed by atoms with Crippen molar-refractivity contribution in [3.8, 4) is 0 Å². The van der Waals surface area contributed by atoms with Gasteiger partial charge in [-0.2, -0.15) is 0 Å². The Morgan fingerprint density at radius 3 is 2.50 bits per heavy atom. The molecule has 2 heterocycles. The third kappa shape index (κ3) is 4.00. The molecular weight excluding hydrogens is 256 g/mol. The molecule has 0 aromatic carbocycles. The lowest BCUT2D eigenvalue weighted by Crippen LogP contribution is -2.43. The molecule has 0 bridgehead atoms. The van der Waals surface area contributed by atoms with E-state index in [1.165, 1.54) is 5.57 Å². The Hall–Kier alpha value is -1.50. The second-order valence-corrected chi connectivity index (χ2v) is 5.86. The fraction of sp³-hybridized carbons (Fsp3) is 0.571. The van der Waals surface area contributed by atoms with Gasteiger partial charge in [0, 0.05) is 31.0 Å².